The molecule has 0 bridgehead atoms. The van der Waals surface area contributed by atoms with E-state index in [9.17, 15) is 0 Å². The Hall–Kier alpha value is -0.470. The van der Waals surface area contributed by atoms with Crippen LogP contribution in [0.3, 0.4) is 0 Å². The van der Waals surface area contributed by atoms with Crippen LogP contribution in [0.4, 0.5) is 0 Å². The molecule has 0 heterocycles. The SMILES string of the molecule is CCCCCCNCCSc1cccc(C)c1. The summed E-state index contributed by atoms with van der Waals surface area (Å²) in [6.45, 7) is 6.70. The summed E-state index contributed by atoms with van der Waals surface area (Å²) in [5.41, 5.74) is 1.35. The molecule has 0 saturated carbocycles. The third-order valence-electron chi connectivity index (χ3n) is 2.74. The lowest BCUT2D eigenvalue weighted by atomic mass is 10.2. The Balaban J connectivity index is 1.97. The summed E-state index contributed by atoms with van der Waals surface area (Å²) in [6, 6.07) is 8.73. The van der Waals surface area contributed by atoms with Gasteiger partial charge in [-0.1, -0.05) is 43.9 Å². The molecular weight excluding hydrogens is 226 g/mol. The predicted molar refractivity (Wildman–Crippen MR) is 78.9 cm³/mol. The summed E-state index contributed by atoms with van der Waals surface area (Å²) in [7, 11) is 0. The molecular formula is C15H25NS. The van der Waals surface area contributed by atoms with E-state index in [4.69, 9.17) is 0 Å². The Morgan fingerprint density at radius 1 is 1.12 bits per heavy atom. The van der Waals surface area contributed by atoms with Crippen LogP contribution in [0, 0.1) is 6.92 Å². The molecule has 0 aliphatic heterocycles. The fourth-order valence-corrected chi connectivity index (χ4v) is 2.67. The van der Waals surface area contributed by atoms with Crippen molar-refractivity contribution >= 4 is 11.8 Å². The molecule has 0 aliphatic carbocycles. The molecule has 0 amide bonds. The summed E-state index contributed by atoms with van der Waals surface area (Å²) in [6.07, 6.45) is 5.39. The van der Waals surface area contributed by atoms with E-state index in [0.29, 0.717) is 0 Å². The Morgan fingerprint density at radius 2 is 2.00 bits per heavy atom. The van der Waals surface area contributed by atoms with Crippen LogP contribution in [0.2, 0.25) is 0 Å². The zero-order valence-corrected chi connectivity index (χ0v) is 12.0. The zero-order chi connectivity index (χ0) is 12.3. The Kier molecular flexibility index (Phi) is 8.20. The fourth-order valence-electron chi connectivity index (χ4n) is 1.75. The van der Waals surface area contributed by atoms with Crippen LogP contribution in [0.1, 0.15) is 38.2 Å². The molecule has 0 radical (unpaired) electrons. The van der Waals surface area contributed by atoms with E-state index >= 15 is 0 Å². The molecule has 0 saturated heterocycles. The molecule has 0 aromatic heterocycles. The molecule has 1 aromatic rings. The highest BCUT2D eigenvalue weighted by Crippen LogP contribution is 2.17. The Morgan fingerprint density at radius 3 is 2.76 bits per heavy atom. The number of benzene rings is 1. The van der Waals surface area contributed by atoms with E-state index in [-0.39, 0.29) is 0 Å². The third kappa shape index (κ3) is 7.45. The molecule has 2 heteroatoms. The molecule has 0 aliphatic rings. The minimum Gasteiger partial charge on any atom is -0.316 e. The van der Waals surface area contributed by atoms with Gasteiger partial charge in [0.05, 0.1) is 0 Å². The van der Waals surface area contributed by atoms with E-state index in [1.165, 1.54) is 42.7 Å². The van der Waals surface area contributed by atoms with Gasteiger partial charge in [0.15, 0.2) is 0 Å². The Labute approximate surface area is 110 Å². The lowest BCUT2D eigenvalue weighted by molar-refractivity contribution is 0.613. The van der Waals surface area contributed by atoms with Gasteiger partial charge in [0.2, 0.25) is 0 Å². The van der Waals surface area contributed by atoms with E-state index in [0.717, 1.165) is 12.3 Å². The first-order valence-corrected chi connectivity index (χ1v) is 7.71. The highest BCUT2D eigenvalue weighted by Gasteiger charge is 1.94. The van der Waals surface area contributed by atoms with Crippen molar-refractivity contribution < 1.29 is 0 Å². The smallest absolute Gasteiger partial charge is 0.0106 e. The molecule has 0 fully saturated rings. The van der Waals surface area contributed by atoms with Crippen LogP contribution >= 0.6 is 11.8 Å². The second-order valence-electron chi connectivity index (χ2n) is 4.48. The summed E-state index contributed by atoms with van der Waals surface area (Å²) in [4.78, 5) is 1.39. The van der Waals surface area contributed by atoms with Crippen LogP contribution in [0.25, 0.3) is 0 Å². The van der Waals surface area contributed by atoms with Gasteiger partial charge < -0.3 is 5.32 Å². The first-order valence-electron chi connectivity index (χ1n) is 6.73. The highest BCUT2D eigenvalue weighted by molar-refractivity contribution is 7.99. The zero-order valence-electron chi connectivity index (χ0n) is 11.2. The van der Waals surface area contributed by atoms with Crippen molar-refractivity contribution in [3.8, 4) is 0 Å². The van der Waals surface area contributed by atoms with Crippen molar-refractivity contribution in [3.63, 3.8) is 0 Å². The minimum atomic E-state index is 1.12. The van der Waals surface area contributed by atoms with Gasteiger partial charge in [0.1, 0.15) is 0 Å². The second-order valence-corrected chi connectivity index (χ2v) is 5.64. The van der Waals surface area contributed by atoms with Gasteiger partial charge in [-0.3, -0.25) is 0 Å². The number of hydrogen-bond donors (Lipinski definition) is 1. The normalized spacial score (nSPS) is 10.7. The van der Waals surface area contributed by atoms with Gasteiger partial charge in [-0.2, -0.15) is 0 Å². The van der Waals surface area contributed by atoms with E-state index in [2.05, 4.69) is 43.4 Å². The van der Waals surface area contributed by atoms with E-state index in [1.807, 2.05) is 11.8 Å². The second kappa shape index (κ2) is 9.55. The summed E-state index contributed by atoms with van der Waals surface area (Å²) in [5, 5.41) is 3.51. The van der Waals surface area contributed by atoms with Crippen LogP contribution < -0.4 is 5.32 Å². The topological polar surface area (TPSA) is 12.0 Å². The molecule has 1 rings (SSSR count). The monoisotopic (exact) mass is 251 g/mol. The average Bonchev–Trinajstić information content (AvgIpc) is 2.33. The summed E-state index contributed by atoms with van der Waals surface area (Å²) < 4.78 is 0. The van der Waals surface area contributed by atoms with Gasteiger partial charge in [-0.15, -0.1) is 11.8 Å². The molecule has 0 unspecified atom stereocenters. The number of aryl methyl sites for hydroxylation is 1. The van der Waals surface area contributed by atoms with Crippen molar-refractivity contribution in [1.29, 1.82) is 0 Å². The maximum Gasteiger partial charge on any atom is 0.0106 e. The molecule has 0 spiro atoms. The highest BCUT2D eigenvalue weighted by atomic mass is 32.2. The number of rotatable bonds is 9. The standard InChI is InChI=1S/C15H25NS/c1-3-4-5-6-10-16-11-12-17-15-9-7-8-14(2)13-15/h7-9,13,16H,3-6,10-12H2,1-2H3. The lowest BCUT2D eigenvalue weighted by Crippen LogP contribution is -2.18. The lowest BCUT2D eigenvalue weighted by Gasteiger charge is -2.05. The van der Waals surface area contributed by atoms with Gasteiger partial charge in [0.25, 0.3) is 0 Å². The van der Waals surface area contributed by atoms with Crippen LogP contribution in [0.15, 0.2) is 29.2 Å². The fraction of sp³-hybridized carbons (Fsp3) is 0.600. The van der Waals surface area contributed by atoms with Gasteiger partial charge in [-0.05, 0) is 32.0 Å². The van der Waals surface area contributed by atoms with Crippen molar-refractivity contribution in [3.05, 3.63) is 29.8 Å². The van der Waals surface area contributed by atoms with Crippen molar-refractivity contribution in [2.24, 2.45) is 0 Å². The Bertz CT molecular complexity index is 299. The minimum absolute atomic E-state index is 1.12. The van der Waals surface area contributed by atoms with Gasteiger partial charge in [-0.25, -0.2) is 0 Å². The van der Waals surface area contributed by atoms with Gasteiger partial charge >= 0.3 is 0 Å². The summed E-state index contributed by atoms with van der Waals surface area (Å²) >= 11 is 1.94. The van der Waals surface area contributed by atoms with Crippen molar-refractivity contribution in [2.45, 2.75) is 44.4 Å². The van der Waals surface area contributed by atoms with E-state index < -0.39 is 0 Å². The van der Waals surface area contributed by atoms with Crippen LogP contribution in [-0.2, 0) is 0 Å². The van der Waals surface area contributed by atoms with Crippen LogP contribution in [-0.4, -0.2) is 18.8 Å². The van der Waals surface area contributed by atoms with Crippen molar-refractivity contribution in [1.82, 2.24) is 5.32 Å². The van der Waals surface area contributed by atoms with Gasteiger partial charge in [0, 0.05) is 17.2 Å². The number of thioether (sulfide) groups is 1. The molecule has 96 valence electrons. The first-order chi connectivity index (χ1) is 8.33. The first kappa shape index (κ1) is 14.6. The number of nitrogens with one attached hydrogen (secondary N) is 1. The maximum absolute atomic E-state index is 3.51. The average molecular weight is 251 g/mol. The molecule has 1 nitrogen and oxygen atoms in total. The molecule has 1 aromatic carbocycles. The third-order valence-corrected chi connectivity index (χ3v) is 3.74. The largest absolute Gasteiger partial charge is 0.316 e. The maximum atomic E-state index is 3.51. The molecule has 17 heavy (non-hydrogen) atoms. The molecule has 0 atom stereocenters. The quantitative estimate of drug-likeness (QED) is 0.520. The number of unbranched alkanes of at least 4 members (excludes halogenated alkanes) is 3. The predicted octanol–water partition coefficient (Wildman–Crippen LogP) is 4.26. The molecule has 1 N–H and O–H groups in total. The summed E-state index contributed by atoms with van der Waals surface area (Å²) in [5.74, 6) is 1.16. The van der Waals surface area contributed by atoms with Crippen LogP contribution in [0.5, 0.6) is 0 Å². The number of hydrogen-bond acceptors (Lipinski definition) is 2. The van der Waals surface area contributed by atoms with E-state index in [1.54, 1.807) is 0 Å². The van der Waals surface area contributed by atoms with Crippen molar-refractivity contribution in [2.75, 3.05) is 18.8 Å².